The zero-order valence-electron chi connectivity index (χ0n) is 46.7. The van der Waals surface area contributed by atoms with E-state index in [4.69, 9.17) is 58.7 Å². The number of carbonyl (C=O) groups excluding carboxylic acids is 2. The first-order chi connectivity index (χ1) is 36.9. The molecule has 2 amide bonds. The third-order valence-corrected chi connectivity index (χ3v) is 15.2. The lowest BCUT2D eigenvalue weighted by Crippen LogP contribution is -2.55. The van der Waals surface area contributed by atoms with Crippen LogP contribution in [0.3, 0.4) is 0 Å². The van der Waals surface area contributed by atoms with Gasteiger partial charge in [-0.1, -0.05) is 98.0 Å². The molecule has 21 heteroatoms. The van der Waals surface area contributed by atoms with E-state index < -0.39 is 39.9 Å². The minimum absolute atomic E-state index is 0.00403. The van der Waals surface area contributed by atoms with Crippen molar-refractivity contribution >= 4 is 57.4 Å². The highest BCUT2D eigenvalue weighted by atomic mass is 32.2. The van der Waals surface area contributed by atoms with E-state index >= 15 is 0 Å². The number of anilines is 1. The molecule has 4 heterocycles. The number of nitro groups is 1. The van der Waals surface area contributed by atoms with Gasteiger partial charge in [0.05, 0.1) is 30.3 Å². The van der Waals surface area contributed by atoms with Crippen LogP contribution in [0, 0.1) is 22.0 Å². The monoisotopic (exact) mass is 1120 g/mol. The smallest absolute Gasteiger partial charge is 0.416 e. The van der Waals surface area contributed by atoms with E-state index in [1.165, 1.54) is 45.5 Å². The summed E-state index contributed by atoms with van der Waals surface area (Å²) < 4.78 is 49.5. The normalized spacial score (nSPS) is 25.1. The Hall–Kier alpha value is -5.94. The molecule has 0 bridgehead atoms. The largest absolute Gasteiger partial charge is 0.488 e. The number of fused-ring (bicyclic) bond motifs is 2. The highest BCUT2D eigenvalue weighted by Crippen LogP contribution is 2.44. The van der Waals surface area contributed by atoms with Crippen LogP contribution in [0.1, 0.15) is 80.4 Å². The number of aliphatic hydroxyl groups is 1. The Morgan fingerprint density at radius 1 is 0.654 bits per heavy atom. The molecule has 2 unspecified atom stereocenters. The number of aliphatic imine (C=N–C) groups is 2. The minimum Gasteiger partial charge on any atom is -0.488 e. The van der Waals surface area contributed by atoms with Crippen LogP contribution >= 0.6 is 23.5 Å². The van der Waals surface area contributed by atoms with Gasteiger partial charge in [0.2, 0.25) is 0 Å². The molecule has 2 saturated heterocycles. The van der Waals surface area contributed by atoms with Gasteiger partial charge in [0.1, 0.15) is 70.1 Å². The molecule has 0 aromatic heterocycles. The lowest BCUT2D eigenvalue weighted by atomic mass is 9.87. The van der Waals surface area contributed by atoms with E-state index in [-0.39, 0.29) is 65.6 Å². The molecule has 0 saturated carbocycles. The second kappa shape index (κ2) is 27.3. The fourth-order valence-electron chi connectivity index (χ4n) is 9.03. The Morgan fingerprint density at radius 2 is 1.01 bits per heavy atom. The number of rotatable bonds is 13. The molecule has 4 aliphatic rings. The van der Waals surface area contributed by atoms with Crippen molar-refractivity contribution < 1.29 is 57.5 Å². The molecule has 424 valence electrons. The van der Waals surface area contributed by atoms with Gasteiger partial charge in [0.25, 0.3) is 5.69 Å². The van der Waals surface area contributed by atoms with Crippen molar-refractivity contribution in [3.05, 3.63) is 130 Å². The molecule has 12 atom stereocenters. The first kappa shape index (κ1) is 61.3. The Kier molecular flexibility index (Phi) is 21.4. The minimum atomic E-state index is -0.635. The van der Waals surface area contributed by atoms with Crippen molar-refractivity contribution in [1.82, 2.24) is 9.80 Å². The van der Waals surface area contributed by atoms with Crippen LogP contribution in [0.4, 0.5) is 21.0 Å². The summed E-state index contributed by atoms with van der Waals surface area (Å²) in [7, 11) is 4.31. The number of hydrogen-bond acceptors (Lipinski definition) is 18. The van der Waals surface area contributed by atoms with Gasteiger partial charge >= 0.3 is 12.2 Å². The summed E-state index contributed by atoms with van der Waals surface area (Å²) in [6, 6.07) is 32.7. The quantitative estimate of drug-likeness (QED) is 0.0720. The van der Waals surface area contributed by atoms with E-state index in [1.807, 2.05) is 147 Å². The van der Waals surface area contributed by atoms with Crippen LogP contribution in [0.5, 0.6) is 11.5 Å². The molecular formula is C57H76N6O13S2. The van der Waals surface area contributed by atoms with Crippen LogP contribution in [-0.2, 0) is 41.6 Å². The first-order valence-electron chi connectivity index (χ1n) is 25.9. The van der Waals surface area contributed by atoms with E-state index in [0.717, 1.165) is 24.0 Å². The second-order valence-corrected chi connectivity index (χ2v) is 23.4. The molecule has 8 rings (SSSR count). The molecule has 0 radical (unpaired) electrons. The predicted molar refractivity (Wildman–Crippen MR) is 304 cm³/mol. The molecule has 19 nitrogen and oxygen atoms in total. The Bertz CT molecular complexity index is 2640. The number of thioether (sulfide) groups is 2. The van der Waals surface area contributed by atoms with Crippen molar-refractivity contribution in [3.8, 4) is 11.5 Å². The van der Waals surface area contributed by atoms with Crippen molar-refractivity contribution in [3.63, 3.8) is 0 Å². The number of hydrogen-bond donors (Lipinski definition) is 2. The lowest BCUT2D eigenvalue weighted by molar-refractivity contribution is -0.384. The molecule has 3 N–H and O–H groups in total. The van der Waals surface area contributed by atoms with Crippen molar-refractivity contribution in [1.29, 1.82) is 0 Å². The third kappa shape index (κ3) is 16.6. The van der Waals surface area contributed by atoms with Gasteiger partial charge in [0.15, 0.2) is 10.3 Å². The van der Waals surface area contributed by atoms with E-state index in [1.54, 1.807) is 26.2 Å². The molecule has 4 aromatic carbocycles. The number of nitro benzene ring substituents is 1. The molecule has 4 aliphatic heterocycles. The standard InChI is InChI=1S/C28H35N3O7S.C28H37N3O5S.CH4O/c1-17-23(18(2)36-21-14-12-20(13-15-21)31(33)34)37-25-22(24(17)35-16-19-10-8-7-9-11-19)29-26(39-25)30(6)27(32)38-28(3,4)5;1-17-23(18(2)34-21-14-12-20(29)13-15-21)35-25-22(24(17)33-16-19-10-8-7-9-11-19)30-26(37-25)31(6)27(32)36-28(3,4)5;1-2/h7-15,17-18,22-25H,16H2,1-6H3;7-15,17-18,22-25H,16,29H2,1-6H3;2H,1H3/t2*17-,18?,22-,23+,24+,25-;/m11./s1. The Labute approximate surface area is 466 Å². The summed E-state index contributed by atoms with van der Waals surface area (Å²) in [5, 5.41) is 19.1. The topological polar surface area (TPSA) is 229 Å². The lowest BCUT2D eigenvalue weighted by Gasteiger charge is -2.43. The molecule has 78 heavy (non-hydrogen) atoms. The molecular weight excluding hydrogens is 1040 g/mol. The van der Waals surface area contributed by atoms with E-state index in [2.05, 4.69) is 6.92 Å². The van der Waals surface area contributed by atoms with Crippen LogP contribution < -0.4 is 15.2 Å². The number of amidine groups is 2. The van der Waals surface area contributed by atoms with Crippen molar-refractivity contribution in [2.45, 2.75) is 153 Å². The molecule has 0 aliphatic carbocycles. The maximum Gasteiger partial charge on any atom is 0.416 e. The highest BCUT2D eigenvalue weighted by Gasteiger charge is 2.53. The average Bonchev–Trinajstić information content (AvgIpc) is 4.07. The fraction of sp³-hybridized carbons (Fsp3) is 0.509. The highest BCUT2D eigenvalue weighted by molar-refractivity contribution is 8.14. The number of aliphatic hydroxyl groups excluding tert-OH is 1. The van der Waals surface area contributed by atoms with Crippen molar-refractivity contribution in [2.75, 3.05) is 26.9 Å². The summed E-state index contributed by atoms with van der Waals surface area (Å²) in [5.41, 5.74) is 6.68. The van der Waals surface area contributed by atoms with Gasteiger partial charge in [-0.15, -0.1) is 0 Å². The molecule has 2 fully saturated rings. The first-order valence-corrected chi connectivity index (χ1v) is 27.6. The van der Waals surface area contributed by atoms with Crippen LogP contribution in [0.15, 0.2) is 119 Å². The van der Waals surface area contributed by atoms with Gasteiger partial charge < -0.3 is 48.7 Å². The maximum absolute atomic E-state index is 12.7. The maximum atomic E-state index is 12.7. The number of ether oxygens (including phenoxy) is 8. The number of nitrogens with zero attached hydrogens (tertiary/aromatic N) is 5. The number of nitrogen functional groups attached to an aromatic ring is 1. The van der Waals surface area contributed by atoms with Gasteiger partial charge in [-0.25, -0.2) is 9.59 Å². The predicted octanol–water partition coefficient (Wildman–Crippen LogP) is 10.6. The average molecular weight is 1120 g/mol. The summed E-state index contributed by atoms with van der Waals surface area (Å²) in [6.07, 6.45) is -2.76. The number of non-ortho nitro benzene ring substituents is 1. The van der Waals surface area contributed by atoms with Gasteiger partial charge in [-0.05, 0) is 103 Å². The molecule has 4 aromatic rings. The summed E-state index contributed by atoms with van der Waals surface area (Å²) >= 11 is 2.77. The summed E-state index contributed by atoms with van der Waals surface area (Å²) in [4.78, 5) is 48.6. The number of nitrogens with two attached hydrogens (primary N) is 1. The molecule has 0 spiro atoms. The summed E-state index contributed by atoms with van der Waals surface area (Å²) in [6.45, 7) is 19.9. The fourth-order valence-corrected chi connectivity index (χ4v) is 11.4. The third-order valence-electron chi connectivity index (χ3n) is 12.8. The van der Waals surface area contributed by atoms with Crippen LogP contribution in [0.25, 0.3) is 0 Å². The van der Waals surface area contributed by atoms with Crippen molar-refractivity contribution in [2.24, 2.45) is 21.8 Å². The zero-order chi connectivity index (χ0) is 57.1. The van der Waals surface area contributed by atoms with E-state index in [0.29, 0.717) is 35.0 Å². The van der Waals surface area contributed by atoms with Crippen LogP contribution in [0.2, 0.25) is 0 Å². The van der Waals surface area contributed by atoms with Gasteiger partial charge in [0, 0.05) is 50.9 Å². The zero-order valence-corrected chi connectivity index (χ0v) is 48.3. The summed E-state index contributed by atoms with van der Waals surface area (Å²) in [5.74, 6) is 1.10. The van der Waals surface area contributed by atoms with Gasteiger partial charge in [-0.3, -0.25) is 29.9 Å². The Morgan fingerprint density at radius 3 is 1.36 bits per heavy atom. The Balaban J connectivity index is 0.000000245. The number of carbonyl (C=O) groups is 2. The number of amides is 2. The SMILES string of the molecule is CC(Oc1ccc(N)cc1)[C@H]1O[C@@H]2SC(N(C)C(=O)OC(C)(C)C)=N[C@@H]2[C@@H](OCc2ccccc2)[C@@H]1C.CC(Oc1ccc([N+](=O)[O-])cc1)[C@H]1O[C@@H]2SC(N(C)C(=O)OC(C)(C)C)=N[C@@H]2[C@@H](OCc2ccccc2)[C@@H]1C.CO. The van der Waals surface area contributed by atoms with Gasteiger partial charge in [-0.2, -0.15) is 0 Å². The van der Waals surface area contributed by atoms with E-state index in [9.17, 15) is 19.7 Å². The van der Waals surface area contributed by atoms with Crippen LogP contribution in [-0.4, -0.2) is 134 Å². The second-order valence-electron chi connectivity index (χ2n) is 21.3. The number of benzene rings is 4.